The Morgan fingerprint density at radius 2 is 2.21 bits per heavy atom. The molecule has 0 aliphatic heterocycles. The highest BCUT2D eigenvalue weighted by Crippen LogP contribution is 2.30. The zero-order valence-electron chi connectivity index (χ0n) is 12.1. The molecule has 19 heavy (non-hydrogen) atoms. The number of rotatable bonds is 6. The van der Waals surface area contributed by atoms with Gasteiger partial charge in [0.05, 0.1) is 12.7 Å². The van der Waals surface area contributed by atoms with Crippen LogP contribution in [0.15, 0.2) is 24.5 Å². The summed E-state index contributed by atoms with van der Waals surface area (Å²) in [6, 6.07) is 4.06. The topological polar surface area (TPSA) is 34.1 Å². The summed E-state index contributed by atoms with van der Waals surface area (Å²) < 4.78 is 5.96. The van der Waals surface area contributed by atoms with E-state index in [0.717, 1.165) is 31.5 Å². The maximum absolute atomic E-state index is 5.96. The van der Waals surface area contributed by atoms with Gasteiger partial charge in [-0.05, 0) is 42.7 Å². The van der Waals surface area contributed by atoms with Crippen LogP contribution in [0, 0.1) is 11.8 Å². The molecule has 3 atom stereocenters. The van der Waals surface area contributed by atoms with Crippen molar-refractivity contribution in [3.8, 4) is 0 Å². The van der Waals surface area contributed by atoms with Crippen molar-refractivity contribution < 1.29 is 4.74 Å². The Bertz CT molecular complexity index is 355. The Morgan fingerprint density at radius 1 is 1.32 bits per heavy atom. The standard InChI is InChI=1S/C16H26N2O/c1-13-5-6-16(10-14(13)2)19-9-8-18-12-15-4-3-7-17-11-15/h3-4,7,11,13-14,16,18H,5-6,8-10,12H2,1-2H3. The Morgan fingerprint density at radius 3 is 2.95 bits per heavy atom. The van der Waals surface area contributed by atoms with Crippen LogP contribution in [-0.4, -0.2) is 24.2 Å². The Kier molecular flexibility index (Phi) is 5.80. The molecule has 0 saturated heterocycles. The fraction of sp³-hybridized carbons (Fsp3) is 0.688. The molecule has 2 rings (SSSR count). The Hall–Kier alpha value is -0.930. The number of aromatic nitrogens is 1. The smallest absolute Gasteiger partial charge is 0.0594 e. The highest BCUT2D eigenvalue weighted by atomic mass is 16.5. The van der Waals surface area contributed by atoms with Gasteiger partial charge in [-0.3, -0.25) is 4.98 Å². The van der Waals surface area contributed by atoms with Crippen LogP contribution < -0.4 is 5.32 Å². The lowest BCUT2D eigenvalue weighted by atomic mass is 9.80. The van der Waals surface area contributed by atoms with Crippen LogP contribution in [0.2, 0.25) is 0 Å². The van der Waals surface area contributed by atoms with E-state index in [9.17, 15) is 0 Å². The number of nitrogens with zero attached hydrogens (tertiary/aromatic N) is 1. The molecule has 0 spiro atoms. The molecule has 1 aliphatic carbocycles. The number of ether oxygens (including phenoxy) is 1. The molecular weight excluding hydrogens is 236 g/mol. The molecule has 3 unspecified atom stereocenters. The molecule has 3 heteroatoms. The summed E-state index contributed by atoms with van der Waals surface area (Å²) in [5.41, 5.74) is 1.22. The van der Waals surface area contributed by atoms with Crippen molar-refractivity contribution in [2.24, 2.45) is 11.8 Å². The molecule has 1 N–H and O–H groups in total. The van der Waals surface area contributed by atoms with Gasteiger partial charge in [-0.15, -0.1) is 0 Å². The molecule has 0 radical (unpaired) electrons. The minimum Gasteiger partial charge on any atom is -0.377 e. The number of hydrogen-bond acceptors (Lipinski definition) is 3. The summed E-state index contributed by atoms with van der Waals surface area (Å²) >= 11 is 0. The lowest BCUT2D eigenvalue weighted by Gasteiger charge is -2.32. The van der Waals surface area contributed by atoms with Crippen LogP contribution in [0.4, 0.5) is 0 Å². The van der Waals surface area contributed by atoms with E-state index in [-0.39, 0.29) is 0 Å². The zero-order chi connectivity index (χ0) is 13.5. The van der Waals surface area contributed by atoms with Crippen LogP contribution in [0.3, 0.4) is 0 Å². The van der Waals surface area contributed by atoms with E-state index >= 15 is 0 Å². The van der Waals surface area contributed by atoms with E-state index in [2.05, 4.69) is 30.2 Å². The predicted octanol–water partition coefficient (Wildman–Crippen LogP) is 3.01. The third-order valence-corrected chi connectivity index (χ3v) is 4.23. The van der Waals surface area contributed by atoms with Gasteiger partial charge in [0.2, 0.25) is 0 Å². The van der Waals surface area contributed by atoms with Gasteiger partial charge in [0.15, 0.2) is 0 Å². The zero-order valence-corrected chi connectivity index (χ0v) is 12.1. The third-order valence-electron chi connectivity index (χ3n) is 4.23. The fourth-order valence-corrected chi connectivity index (χ4v) is 2.68. The van der Waals surface area contributed by atoms with E-state index in [1.165, 1.54) is 24.8 Å². The Labute approximate surface area is 116 Å². The van der Waals surface area contributed by atoms with Crippen LogP contribution in [0.5, 0.6) is 0 Å². The SMILES string of the molecule is CC1CCC(OCCNCc2cccnc2)CC1C. The van der Waals surface area contributed by atoms with Gasteiger partial charge in [-0.2, -0.15) is 0 Å². The molecule has 1 aliphatic rings. The van der Waals surface area contributed by atoms with Crippen molar-refractivity contribution in [1.29, 1.82) is 0 Å². The van der Waals surface area contributed by atoms with Gasteiger partial charge >= 0.3 is 0 Å². The second kappa shape index (κ2) is 7.61. The first kappa shape index (κ1) is 14.5. The predicted molar refractivity (Wildman–Crippen MR) is 77.9 cm³/mol. The molecule has 106 valence electrons. The third kappa shape index (κ3) is 4.92. The molecule has 1 fully saturated rings. The van der Waals surface area contributed by atoms with Crippen molar-refractivity contribution in [3.05, 3.63) is 30.1 Å². The molecule has 1 heterocycles. The van der Waals surface area contributed by atoms with E-state index < -0.39 is 0 Å². The normalized spacial score (nSPS) is 27.4. The number of nitrogens with one attached hydrogen (secondary N) is 1. The van der Waals surface area contributed by atoms with Crippen LogP contribution in [-0.2, 0) is 11.3 Å². The van der Waals surface area contributed by atoms with Crippen LogP contribution >= 0.6 is 0 Å². The molecule has 3 nitrogen and oxygen atoms in total. The second-order valence-electron chi connectivity index (χ2n) is 5.80. The molecule has 0 aromatic carbocycles. The van der Waals surface area contributed by atoms with Gasteiger partial charge < -0.3 is 10.1 Å². The van der Waals surface area contributed by atoms with Crippen molar-refractivity contribution in [3.63, 3.8) is 0 Å². The second-order valence-corrected chi connectivity index (χ2v) is 5.80. The molecule has 1 aromatic heterocycles. The summed E-state index contributed by atoms with van der Waals surface area (Å²) in [6.45, 7) is 7.30. The molecule has 0 bridgehead atoms. The van der Waals surface area contributed by atoms with Gasteiger partial charge in [-0.1, -0.05) is 19.9 Å². The average molecular weight is 262 g/mol. The molecule has 0 amide bonds. The van der Waals surface area contributed by atoms with E-state index in [0.29, 0.717) is 6.10 Å². The largest absolute Gasteiger partial charge is 0.377 e. The number of hydrogen-bond donors (Lipinski definition) is 1. The fourth-order valence-electron chi connectivity index (χ4n) is 2.68. The monoisotopic (exact) mass is 262 g/mol. The molecule has 1 aromatic rings. The lowest BCUT2D eigenvalue weighted by Crippen LogP contribution is -2.29. The van der Waals surface area contributed by atoms with E-state index in [1.807, 2.05) is 12.3 Å². The quantitative estimate of drug-likeness (QED) is 0.800. The van der Waals surface area contributed by atoms with E-state index in [1.54, 1.807) is 6.20 Å². The maximum atomic E-state index is 5.96. The van der Waals surface area contributed by atoms with Crippen molar-refractivity contribution >= 4 is 0 Å². The first-order valence-electron chi connectivity index (χ1n) is 7.47. The van der Waals surface area contributed by atoms with Gasteiger partial charge in [-0.25, -0.2) is 0 Å². The molecular formula is C16H26N2O. The van der Waals surface area contributed by atoms with E-state index in [4.69, 9.17) is 4.74 Å². The van der Waals surface area contributed by atoms with Gasteiger partial charge in [0, 0.05) is 25.5 Å². The van der Waals surface area contributed by atoms with Gasteiger partial charge in [0.1, 0.15) is 0 Å². The summed E-state index contributed by atoms with van der Waals surface area (Å²) in [7, 11) is 0. The number of pyridine rings is 1. The van der Waals surface area contributed by atoms with Crippen molar-refractivity contribution in [2.45, 2.75) is 45.8 Å². The first-order chi connectivity index (χ1) is 9.25. The highest BCUT2D eigenvalue weighted by molar-refractivity contribution is 5.07. The van der Waals surface area contributed by atoms with Crippen molar-refractivity contribution in [2.75, 3.05) is 13.2 Å². The summed E-state index contributed by atoms with van der Waals surface area (Å²) in [5, 5.41) is 3.40. The first-order valence-corrected chi connectivity index (χ1v) is 7.47. The minimum absolute atomic E-state index is 0.478. The van der Waals surface area contributed by atoms with Crippen LogP contribution in [0.25, 0.3) is 0 Å². The summed E-state index contributed by atoms with van der Waals surface area (Å²) in [4.78, 5) is 4.10. The van der Waals surface area contributed by atoms with Crippen LogP contribution in [0.1, 0.15) is 38.7 Å². The highest BCUT2D eigenvalue weighted by Gasteiger charge is 2.24. The summed E-state index contributed by atoms with van der Waals surface area (Å²) in [5.74, 6) is 1.67. The molecule has 1 saturated carbocycles. The Balaban J connectivity index is 1.55. The minimum atomic E-state index is 0.478. The van der Waals surface area contributed by atoms with Gasteiger partial charge in [0.25, 0.3) is 0 Å². The van der Waals surface area contributed by atoms with Crippen molar-refractivity contribution in [1.82, 2.24) is 10.3 Å². The average Bonchev–Trinajstić information content (AvgIpc) is 2.43. The lowest BCUT2D eigenvalue weighted by molar-refractivity contribution is 0.00424. The maximum Gasteiger partial charge on any atom is 0.0594 e. The summed E-state index contributed by atoms with van der Waals surface area (Å²) in [6.07, 6.45) is 7.95.